The van der Waals surface area contributed by atoms with Gasteiger partial charge in [-0.2, -0.15) is 0 Å². The molecule has 0 unspecified atom stereocenters. The van der Waals surface area contributed by atoms with Crippen LogP contribution in [0.4, 0.5) is 10.6 Å². The van der Waals surface area contributed by atoms with Crippen molar-refractivity contribution in [2.75, 3.05) is 18.4 Å². The number of aryl methyl sites for hydroxylation is 1. The van der Waals surface area contributed by atoms with Crippen molar-refractivity contribution in [2.45, 2.75) is 45.8 Å². The molecule has 0 aliphatic carbocycles. The Kier molecular flexibility index (Phi) is 4.76. The zero-order valence-corrected chi connectivity index (χ0v) is 12.3. The summed E-state index contributed by atoms with van der Waals surface area (Å²) < 4.78 is 5.20. The summed E-state index contributed by atoms with van der Waals surface area (Å²) in [6, 6.07) is 2.27. The lowest BCUT2D eigenvalue weighted by Gasteiger charge is -2.32. The first-order chi connectivity index (χ1) is 9.54. The minimum absolute atomic E-state index is 0.0673. The fourth-order valence-electron chi connectivity index (χ4n) is 2.23. The van der Waals surface area contributed by atoms with Gasteiger partial charge in [0.25, 0.3) is 0 Å². The van der Waals surface area contributed by atoms with Gasteiger partial charge in [0, 0.05) is 30.9 Å². The number of ether oxygens (including phenoxy) is 1. The van der Waals surface area contributed by atoms with Gasteiger partial charge in [-0.25, -0.2) is 14.8 Å². The second kappa shape index (κ2) is 6.54. The molecule has 6 nitrogen and oxygen atoms in total. The third-order valence-corrected chi connectivity index (χ3v) is 3.25. The molecule has 6 heteroatoms. The molecule has 110 valence electrons. The van der Waals surface area contributed by atoms with E-state index in [2.05, 4.69) is 15.3 Å². The second-order valence-electron chi connectivity index (χ2n) is 5.38. The van der Waals surface area contributed by atoms with Crippen molar-refractivity contribution in [1.29, 1.82) is 0 Å². The van der Waals surface area contributed by atoms with Crippen molar-refractivity contribution in [3.63, 3.8) is 0 Å². The summed E-state index contributed by atoms with van der Waals surface area (Å²) in [5, 5.41) is 3.39. The maximum absolute atomic E-state index is 11.8. The standard InChI is InChI=1S/C14H22N4O2/c1-10(2)20-14(19)18-6-4-12(5-7-18)17-13-8-11(3)15-9-16-13/h8-10,12H,4-7H2,1-3H3,(H,15,16,17). The Morgan fingerprint density at radius 1 is 1.40 bits per heavy atom. The van der Waals surface area contributed by atoms with E-state index >= 15 is 0 Å². The van der Waals surface area contributed by atoms with Gasteiger partial charge in [0.2, 0.25) is 0 Å². The lowest BCUT2D eigenvalue weighted by atomic mass is 10.1. The molecule has 0 spiro atoms. The summed E-state index contributed by atoms with van der Waals surface area (Å²) in [7, 11) is 0. The van der Waals surface area contributed by atoms with Crippen LogP contribution in [0, 0.1) is 6.92 Å². The zero-order chi connectivity index (χ0) is 14.5. The van der Waals surface area contributed by atoms with Gasteiger partial charge < -0.3 is 15.0 Å². The van der Waals surface area contributed by atoms with E-state index in [-0.39, 0.29) is 12.2 Å². The summed E-state index contributed by atoms with van der Waals surface area (Å²) in [6.07, 6.45) is 3.08. The summed E-state index contributed by atoms with van der Waals surface area (Å²) in [6.45, 7) is 7.10. The van der Waals surface area contributed by atoms with E-state index in [0.29, 0.717) is 19.1 Å². The molecule has 1 amide bonds. The van der Waals surface area contributed by atoms with Crippen LogP contribution in [0.3, 0.4) is 0 Å². The van der Waals surface area contributed by atoms with Gasteiger partial charge in [-0.1, -0.05) is 0 Å². The number of rotatable bonds is 3. The predicted molar refractivity (Wildman–Crippen MR) is 76.6 cm³/mol. The first kappa shape index (κ1) is 14.6. The van der Waals surface area contributed by atoms with E-state index in [9.17, 15) is 4.79 Å². The summed E-state index contributed by atoms with van der Waals surface area (Å²) >= 11 is 0. The molecule has 0 aromatic carbocycles. The number of nitrogens with zero attached hydrogens (tertiary/aromatic N) is 3. The molecule has 1 aliphatic rings. The molecule has 1 saturated heterocycles. The Balaban J connectivity index is 1.81. The molecule has 0 bridgehead atoms. The number of carbonyl (C=O) groups excluding carboxylic acids is 1. The van der Waals surface area contributed by atoms with E-state index < -0.39 is 0 Å². The number of likely N-dealkylation sites (tertiary alicyclic amines) is 1. The normalized spacial score (nSPS) is 16.3. The van der Waals surface area contributed by atoms with Crippen LogP contribution in [-0.2, 0) is 4.74 Å². The van der Waals surface area contributed by atoms with Crippen molar-refractivity contribution >= 4 is 11.9 Å². The molecule has 2 rings (SSSR count). The fourth-order valence-corrected chi connectivity index (χ4v) is 2.23. The van der Waals surface area contributed by atoms with Gasteiger partial charge in [-0.05, 0) is 33.6 Å². The van der Waals surface area contributed by atoms with Crippen LogP contribution in [0.5, 0.6) is 0 Å². The van der Waals surface area contributed by atoms with E-state index in [0.717, 1.165) is 24.4 Å². The highest BCUT2D eigenvalue weighted by atomic mass is 16.6. The van der Waals surface area contributed by atoms with E-state index in [1.807, 2.05) is 26.8 Å². The maximum Gasteiger partial charge on any atom is 0.410 e. The lowest BCUT2D eigenvalue weighted by Crippen LogP contribution is -2.43. The quantitative estimate of drug-likeness (QED) is 0.918. The summed E-state index contributed by atoms with van der Waals surface area (Å²) in [5.74, 6) is 0.848. The van der Waals surface area contributed by atoms with Crippen LogP contribution in [0.2, 0.25) is 0 Å². The average Bonchev–Trinajstić information content (AvgIpc) is 2.38. The molecule has 1 aliphatic heterocycles. The van der Waals surface area contributed by atoms with Crippen molar-refractivity contribution in [1.82, 2.24) is 14.9 Å². The van der Waals surface area contributed by atoms with Crippen LogP contribution < -0.4 is 5.32 Å². The molecular formula is C14H22N4O2. The van der Waals surface area contributed by atoms with Gasteiger partial charge in [0.05, 0.1) is 6.10 Å². The number of carbonyl (C=O) groups is 1. The van der Waals surface area contributed by atoms with Crippen molar-refractivity contribution in [3.05, 3.63) is 18.1 Å². The Morgan fingerprint density at radius 3 is 2.70 bits per heavy atom. The molecule has 1 aromatic rings. The van der Waals surface area contributed by atoms with Gasteiger partial charge >= 0.3 is 6.09 Å². The third-order valence-electron chi connectivity index (χ3n) is 3.25. The number of amides is 1. The monoisotopic (exact) mass is 278 g/mol. The second-order valence-corrected chi connectivity index (χ2v) is 5.38. The molecule has 1 aromatic heterocycles. The predicted octanol–water partition coefficient (Wildman–Crippen LogP) is 2.21. The smallest absolute Gasteiger partial charge is 0.410 e. The van der Waals surface area contributed by atoms with Crippen molar-refractivity contribution in [2.24, 2.45) is 0 Å². The summed E-state index contributed by atoms with van der Waals surface area (Å²) in [4.78, 5) is 21.8. The molecule has 0 radical (unpaired) electrons. The first-order valence-corrected chi connectivity index (χ1v) is 7.05. The van der Waals surface area contributed by atoms with Crippen LogP contribution in [0.25, 0.3) is 0 Å². The zero-order valence-electron chi connectivity index (χ0n) is 12.3. The molecule has 1 fully saturated rings. The van der Waals surface area contributed by atoms with Crippen LogP contribution in [0.1, 0.15) is 32.4 Å². The van der Waals surface area contributed by atoms with Crippen LogP contribution >= 0.6 is 0 Å². The molecular weight excluding hydrogens is 256 g/mol. The number of piperidine rings is 1. The Bertz CT molecular complexity index is 456. The van der Waals surface area contributed by atoms with Crippen LogP contribution in [0.15, 0.2) is 12.4 Å². The third kappa shape index (κ3) is 4.08. The van der Waals surface area contributed by atoms with E-state index in [4.69, 9.17) is 4.74 Å². The van der Waals surface area contributed by atoms with Crippen molar-refractivity contribution < 1.29 is 9.53 Å². The maximum atomic E-state index is 11.8. The van der Waals surface area contributed by atoms with E-state index in [1.165, 1.54) is 0 Å². The molecule has 20 heavy (non-hydrogen) atoms. The summed E-state index contributed by atoms with van der Waals surface area (Å²) in [5.41, 5.74) is 0.945. The van der Waals surface area contributed by atoms with Gasteiger partial charge in [0.1, 0.15) is 12.1 Å². The number of aromatic nitrogens is 2. The van der Waals surface area contributed by atoms with E-state index in [1.54, 1.807) is 11.2 Å². The Morgan fingerprint density at radius 2 is 2.10 bits per heavy atom. The minimum atomic E-state index is -0.212. The molecule has 1 N–H and O–H groups in total. The topological polar surface area (TPSA) is 67.4 Å². The highest BCUT2D eigenvalue weighted by Gasteiger charge is 2.24. The van der Waals surface area contributed by atoms with Gasteiger partial charge in [0.15, 0.2) is 0 Å². The minimum Gasteiger partial charge on any atom is -0.447 e. The highest BCUT2D eigenvalue weighted by molar-refractivity contribution is 5.67. The molecule has 0 saturated carbocycles. The number of anilines is 1. The molecule has 2 heterocycles. The number of hydrogen-bond acceptors (Lipinski definition) is 5. The number of hydrogen-bond donors (Lipinski definition) is 1. The van der Waals surface area contributed by atoms with Crippen LogP contribution in [-0.4, -0.2) is 46.2 Å². The van der Waals surface area contributed by atoms with Crippen molar-refractivity contribution in [3.8, 4) is 0 Å². The molecule has 0 atom stereocenters. The Hall–Kier alpha value is -1.85. The SMILES string of the molecule is Cc1cc(NC2CCN(C(=O)OC(C)C)CC2)ncn1. The average molecular weight is 278 g/mol. The van der Waals surface area contributed by atoms with Gasteiger partial charge in [-0.3, -0.25) is 0 Å². The van der Waals surface area contributed by atoms with Gasteiger partial charge in [-0.15, -0.1) is 0 Å². The lowest BCUT2D eigenvalue weighted by molar-refractivity contribution is 0.0701. The number of nitrogens with one attached hydrogen (secondary N) is 1. The first-order valence-electron chi connectivity index (χ1n) is 7.05. The fraction of sp³-hybridized carbons (Fsp3) is 0.643. The highest BCUT2D eigenvalue weighted by Crippen LogP contribution is 2.16. The Labute approximate surface area is 119 Å². The largest absolute Gasteiger partial charge is 0.447 e.